The van der Waals surface area contributed by atoms with E-state index in [1.165, 1.54) is 19.3 Å². The molecule has 0 unspecified atom stereocenters. The Morgan fingerprint density at radius 1 is 1.60 bits per heavy atom. The highest BCUT2D eigenvalue weighted by Gasteiger charge is 2.17. The molecule has 2 rings (SSSR count). The lowest BCUT2D eigenvalue weighted by Crippen LogP contribution is -2.23. The summed E-state index contributed by atoms with van der Waals surface area (Å²) in [5.74, 6) is 1.61. The highest BCUT2D eigenvalue weighted by Crippen LogP contribution is 2.26. The minimum Gasteiger partial charge on any atom is -0.389 e. The maximum absolute atomic E-state index is 5.62. The number of nitrogens with two attached hydrogens (primary N) is 1. The van der Waals surface area contributed by atoms with E-state index < -0.39 is 0 Å². The molecule has 3 N–H and O–H groups in total. The summed E-state index contributed by atoms with van der Waals surface area (Å²) in [6.07, 6.45) is 5.76. The van der Waals surface area contributed by atoms with Crippen LogP contribution in [0.3, 0.4) is 0 Å². The molecule has 1 fully saturated rings. The minimum absolute atomic E-state index is 0.402. The molecule has 0 aliphatic heterocycles. The number of pyridine rings is 1. The number of rotatable bonds is 4. The minimum atomic E-state index is 0.402. The van der Waals surface area contributed by atoms with Crippen molar-refractivity contribution < 1.29 is 0 Å². The van der Waals surface area contributed by atoms with E-state index in [1.54, 1.807) is 6.20 Å². The normalized spacial score (nSPS) is 15.7. The number of thiocarbonyl (C=S) groups is 1. The Hall–Kier alpha value is -1.16. The van der Waals surface area contributed by atoms with Gasteiger partial charge in [-0.15, -0.1) is 0 Å². The first-order valence-corrected chi connectivity index (χ1v) is 5.67. The topological polar surface area (TPSA) is 50.9 Å². The van der Waals surface area contributed by atoms with E-state index in [1.807, 2.05) is 12.1 Å². The molecule has 0 aromatic carbocycles. The van der Waals surface area contributed by atoms with Gasteiger partial charge in [-0.1, -0.05) is 18.6 Å². The van der Waals surface area contributed by atoms with E-state index in [-0.39, 0.29) is 0 Å². The summed E-state index contributed by atoms with van der Waals surface area (Å²) in [6.45, 7) is 0.979. The number of nitrogens with zero attached hydrogens (tertiary/aromatic N) is 1. The molecular formula is C11H15N3S. The van der Waals surface area contributed by atoms with Crippen LogP contribution in [0.15, 0.2) is 18.3 Å². The predicted octanol–water partition coefficient (Wildman–Crippen LogP) is 1.93. The van der Waals surface area contributed by atoms with Gasteiger partial charge in [-0.25, -0.2) is 4.98 Å². The van der Waals surface area contributed by atoms with Gasteiger partial charge in [0.2, 0.25) is 0 Å². The zero-order chi connectivity index (χ0) is 10.7. The SMILES string of the molecule is NC(=S)c1cccnc1NCC1CCC1. The number of hydrogen-bond donors (Lipinski definition) is 2. The van der Waals surface area contributed by atoms with Crippen molar-refractivity contribution in [1.29, 1.82) is 0 Å². The lowest BCUT2D eigenvalue weighted by atomic mass is 9.85. The smallest absolute Gasteiger partial charge is 0.136 e. The summed E-state index contributed by atoms with van der Waals surface area (Å²) >= 11 is 4.97. The van der Waals surface area contributed by atoms with Crippen LogP contribution < -0.4 is 11.1 Å². The van der Waals surface area contributed by atoms with Gasteiger partial charge in [0, 0.05) is 12.7 Å². The first-order valence-electron chi connectivity index (χ1n) is 5.26. The molecule has 0 atom stereocenters. The monoisotopic (exact) mass is 221 g/mol. The van der Waals surface area contributed by atoms with Crippen LogP contribution in [0.2, 0.25) is 0 Å². The molecule has 80 valence electrons. The molecule has 1 aromatic rings. The largest absolute Gasteiger partial charge is 0.389 e. The van der Waals surface area contributed by atoms with Crippen LogP contribution in [0.4, 0.5) is 5.82 Å². The third kappa shape index (κ3) is 2.45. The van der Waals surface area contributed by atoms with Gasteiger partial charge in [0.05, 0.1) is 5.56 Å². The second-order valence-corrected chi connectivity index (χ2v) is 4.38. The Balaban J connectivity index is 2.02. The van der Waals surface area contributed by atoms with Crippen molar-refractivity contribution in [2.45, 2.75) is 19.3 Å². The number of nitrogens with one attached hydrogen (secondary N) is 1. The van der Waals surface area contributed by atoms with Crippen molar-refractivity contribution in [2.75, 3.05) is 11.9 Å². The molecule has 0 radical (unpaired) electrons. The van der Waals surface area contributed by atoms with Crippen molar-refractivity contribution in [3.63, 3.8) is 0 Å². The van der Waals surface area contributed by atoms with Crippen molar-refractivity contribution >= 4 is 23.0 Å². The maximum Gasteiger partial charge on any atom is 0.136 e. The van der Waals surface area contributed by atoms with E-state index >= 15 is 0 Å². The van der Waals surface area contributed by atoms with Crippen LogP contribution in [0, 0.1) is 5.92 Å². The number of aromatic nitrogens is 1. The molecule has 15 heavy (non-hydrogen) atoms. The number of anilines is 1. The molecule has 4 heteroatoms. The Bertz CT molecular complexity index is 361. The van der Waals surface area contributed by atoms with E-state index in [4.69, 9.17) is 18.0 Å². The summed E-state index contributed by atoms with van der Waals surface area (Å²) < 4.78 is 0. The third-order valence-electron chi connectivity index (χ3n) is 2.86. The van der Waals surface area contributed by atoms with E-state index in [2.05, 4.69) is 10.3 Å². The molecule has 0 amide bonds. The first-order chi connectivity index (χ1) is 7.27. The number of hydrogen-bond acceptors (Lipinski definition) is 3. The van der Waals surface area contributed by atoms with Gasteiger partial charge in [-0.3, -0.25) is 0 Å². The maximum atomic E-state index is 5.62. The first kappa shape index (κ1) is 10.4. The van der Waals surface area contributed by atoms with Crippen molar-refractivity contribution in [3.05, 3.63) is 23.9 Å². The van der Waals surface area contributed by atoms with Crippen LogP contribution >= 0.6 is 12.2 Å². The standard InChI is InChI=1S/C11H15N3S/c12-10(15)9-5-2-6-13-11(9)14-7-8-3-1-4-8/h2,5-6,8H,1,3-4,7H2,(H2,12,15)(H,13,14). The van der Waals surface area contributed by atoms with Gasteiger partial charge in [-0.2, -0.15) is 0 Å². The fraction of sp³-hybridized carbons (Fsp3) is 0.455. The van der Waals surface area contributed by atoms with Gasteiger partial charge in [0.15, 0.2) is 0 Å². The molecule has 1 saturated carbocycles. The molecule has 0 saturated heterocycles. The van der Waals surface area contributed by atoms with Crippen molar-refractivity contribution in [1.82, 2.24) is 4.98 Å². The van der Waals surface area contributed by atoms with Crippen LogP contribution in [-0.4, -0.2) is 16.5 Å². The fourth-order valence-electron chi connectivity index (χ4n) is 1.68. The summed E-state index contributed by atoms with van der Waals surface area (Å²) in [4.78, 5) is 4.65. The summed E-state index contributed by atoms with van der Waals surface area (Å²) in [5, 5.41) is 3.32. The molecule has 1 aliphatic carbocycles. The van der Waals surface area contributed by atoms with Crippen molar-refractivity contribution in [2.24, 2.45) is 11.7 Å². The second kappa shape index (κ2) is 4.57. The molecular weight excluding hydrogens is 206 g/mol. The van der Waals surface area contributed by atoms with Crippen LogP contribution in [0.25, 0.3) is 0 Å². The predicted molar refractivity (Wildman–Crippen MR) is 66.0 cm³/mol. The molecule has 0 spiro atoms. The van der Waals surface area contributed by atoms with Gasteiger partial charge >= 0.3 is 0 Å². The Kier molecular flexibility index (Phi) is 3.16. The van der Waals surface area contributed by atoms with Gasteiger partial charge in [0.25, 0.3) is 0 Å². The van der Waals surface area contributed by atoms with Crippen LogP contribution in [0.1, 0.15) is 24.8 Å². The highest BCUT2D eigenvalue weighted by atomic mass is 32.1. The van der Waals surface area contributed by atoms with Crippen LogP contribution in [0.5, 0.6) is 0 Å². The average Bonchev–Trinajstić information content (AvgIpc) is 2.16. The molecule has 1 aliphatic rings. The lowest BCUT2D eigenvalue weighted by Gasteiger charge is -2.25. The molecule has 0 bridgehead atoms. The van der Waals surface area contributed by atoms with Gasteiger partial charge in [0.1, 0.15) is 10.8 Å². The van der Waals surface area contributed by atoms with E-state index in [0.717, 1.165) is 23.8 Å². The second-order valence-electron chi connectivity index (χ2n) is 3.94. The zero-order valence-electron chi connectivity index (χ0n) is 8.57. The third-order valence-corrected chi connectivity index (χ3v) is 3.08. The van der Waals surface area contributed by atoms with E-state index in [9.17, 15) is 0 Å². The molecule has 1 heterocycles. The zero-order valence-corrected chi connectivity index (χ0v) is 9.39. The highest BCUT2D eigenvalue weighted by molar-refractivity contribution is 7.80. The van der Waals surface area contributed by atoms with Gasteiger partial charge < -0.3 is 11.1 Å². The lowest BCUT2D eigenvalue weighted by molar-refractivity contribution is 0.333. The van der Waals surface area contributed by atoms with E-state index in [0.29, 0.717) is 4.99 Å². The molecule has 3 nitrogen and oxygen atoms in total. The Morgan fingerprint density at radius 2 is 2.40 bits per heavy atom. The summed E-state index contributed by atoms with van der Waals surface area (Å²) in [5.41, 5.74) is 6.46. The summed E-state index contributed by atoms with van der Waals surface area (Å²) in [6, 6.07) is 3.75. The molecule has 1 aromatic heterocycles. The quantitative estimate of drug-likeness (QED) is 0.763. The Morgan fingerprint density at radius 3 is 3.00 bits per heavy atom. The van der Waals surface area contributed by atoms with Crippen LogP contribution in [-0.2, 0) is 0 Å². The Labute approximate surface area is 95.1 Å². The fourth-order valence-corrected chi connectivity index (χ4v) is 1.85. The summed E-state index contributed by atoms with van der Waals surface area (Å²) in [7, 11) is 0. The average molecular weight is 221 g/mol. The van der Waals surface area contributed by atoms with Crippen molar-refractivity contribution in [3.8, 4) is 0 Å². The van der Waals surface area contributed by atoms with Gasteiger partial charge in [-0.05, 0) is 30.9 Å².